The van der Waals surface area contributed by atoms with Crippen molar-refractivity contribution in [2.24, 2.45) is 0 Å². The molecule has 0 aliphatic carbocycles. The monoisotopic (exact) mass is 241 g/mol. The average molecular weight is 241 g/mol. The third-order valence-corrected chi connectivity index (χ3v) is 1.66. The Kier molecular flexibility index (Phi) is 6.52. The molecular weight excluding hydrogens is 227 g/mol. The van der Waals surface area contributed by atoms with Crippen LogP contribution in [0.25, 0.3) is 0 Å². The van der Waals surface area contributed by atoms with Gasteiger partial charge in [-0.05, 0) is 19.8 Å². The fourth-order valence-electron chi connectivity index (χ4n) is 0.930. The van der Waals surface area contributed by atoms with Gasteiger partial charge >= 0.3 is 18.1 Å². The molecule has 0 heterocycles. The van der Waals surface area contributed by atoms with Crippen LogP contribution >= 0.6 is 0 Å². The molecule has 0 aliphatic heterocycles. The van der Waals surface area contributed by atoms with Crippen LogP contribution in [0.2, 0.25) is 0 Å². The summed E-state index contributed by atoms with van der Waals surface area (Å²) in [7, 11) is 0. The average Bonchev–Trinajstić information content (AvgIpc) is 2.16. The van der Waals surface area contributed by atoms with E-state index in [-0.39, 0.29) is 25.5 Å². The van der Waals surface area contributed by atoms with Gasteiger partial charge in [0.2, 0.25) is 0 Å². The fraction of sp³-hybridized carbons (Fsp3) is 0.778. The van der Waals surface area contributed by atoms with Crippen LogP contribution in [0.15, 0.2) is 0 Å². The molecule has 0 spiro atoms. The van der Waals surface area contributed by atoms with Crippen molar-refractivity contribution in [1.29, 1.82) is 0 Å². The summed E-state index contributed by atoms with van der Waals surface area (Å²) >= 11 is 0. The molecule has 7 heteroatoms. The minimum absolute atomic E-state index is 0.0995. The van der Waals surface area contributed by atoms with Crippen LogP contribution in [0.5, 0.6) is 0 Å². The van der Waals surface area contributed by atoms with E-state index in [0.717, 1.165) is 0 Å². The lowest BCUT2D eigenvalue weighted by atomic mass is 10.2. The van der Waals surface area contributed by atoms with Crippen molar-refractivity contribution in [2.75, 3.05) is 13.2 Å². The summed E-state index contributed by atoms with van der Waals surface area (Å²) in [5.41, 5.74) is 0. The van der Waals surface area contributed by atoms with Crippen molar-refractivity contribution in [3.63, 3.8) is 0 Å². The maximum Gasteiger partial charge on any atom is 0.471 e. The number of alkyl halides is 3. The van der Waals surface area contributed by atoms with E-state index in [1.807, 2.05) is 0 Å². The van der Waals surface area contributed by atoms with Gasteiger partial charge in [0, 0.05) is 13.0 Å². The lowest BCUT2D eigenvalue weighted by Crippen LogP contribution is -2.37. The van der Waals surface area contributed by atoms with Gasteiger partial charge in [-0.1, -0.05) is 0 Å². The van der Waals surface area contributed by atoms with Gasteiger partial charge in [0.15, 0.2) is 0 Å². The molecule has 0 bridgehead atoms. The van der Waals surface area contributed by atoms with E-state index in [0.29, 0.717) is 12.8 Å². The number of rotatable bonds is 6. The Balaban J connectivity index is 3.48. The van der Waals surface area contributed by atoms with Crippen LogP contribution in [0.3, 0.4) is 0 Å². The Labute approximate surface area is 91.1 Å². The van der Waals surface area contributed by atoms with Crippen molar-refractivity contribution < 1.29 is 27.5 Å². The van der Waals surface area contributed by atoms with Crippen molar-refractivity contribution in [3.05, 3.63) is 0 Å². The molecule has 0 fully saturated rings. The Morgan fingerprint density at radius 2 is 1.88 bits per heavy atom. The van der Waals surface area contributed by atoms with E-state index in [1.54, 1.807) is 12.2 Å². The number of nitrogens with one attached hydrogen (secondary N) is 1. The molecule has 0 aromatic rings. The second-order valence-corrected chi connectivity index (χ2v) is 3.02. The van der Waals surface area contributed by atoms with E-state index in [1.165, 1.54) is 0 Å². The second-order valence-electron chi connectivity index (χ2n) is 3.02. The summed E-state index contributed by atoms with van der Waals surface area (Å²) in [5, 5.41) is 1.71. The summed E-state index contributed by atoms with van der Waals surface area (Å²) in [4.78, 5) is 21.1. The van der Waals surface area contributed by atoms with Gasteiger partial charge < -0.3 is 10.1 Å². The van der Waals surface area contributed by atoms with Gasteiger partial charge in [-0.3, -0.25) is 9.59 Å². The normalized spacial score (nSPS) is 11.0. The first kappa shape index (κ1) is 14.7. The minimum atomic E-state index is -4.85. The molecule has 0 radical (unpaired) electrons. The zero-order valence-electron chi connectivity index (χ0n) is 8.89. The summed E-state index contributed by atoms with van der Waals surface area (Å²) < 4.78 is 39.7. The number of carbonyl (C=O) groups excluding carboxylic acids is 2. The van der Waals surface area contributed by atoms with Crippen LogP contribution in [0.1, 0.15) is 26.2 Å². The van der Waals surface area contributed by atoms with E-state index in [2.05, 4.69) is 4.74 Å². The third kappa shape index (κ3) is 7.08. The smallest absolute Gasteiger partial charge is 0.466 e. The molecule has 0 rings (SSSR count). The molecule has 1 N–H and O–H groups in total. The highest BCUT2D eigenvalue weighted by molar-refractivity contribution is 5.81. The molecule has 0 saturated carbocycles. The van der Waals surface area contributed by atoms with Crippen molar-refractivity contribution in [3.8, 4) is 0 Å². The Bertz CT molecular complexity index is 241. The summed E-state index contributed by atoms with van der Waals surface area (Å²) in [6.07, 6.45) is -4.01. The molecule has 0 unspecified atom stereocenters. The molecule has 94 valence electrons. The molecule has 16 heavy (non-hydrogen) atoms. The highest BCUT2D eigenvalue weighted by Gasteiger charge is 2.38. The molecule has 1 amide bonds. The van der Waals surface area contributed by atoms with Gasteiger partial charge in [-0.2, -0.15) is 13.2 Å². The standard InChI is InChI=1S/C9H14F3NO3/c1-2-16-7(14)5-3-4-6-13-8(15)9(10,11)12/h2-6H2,1H3,(H,13,15). The molecule has 0 aromatic heterocycles. The molecule has 0 atom stereocenters. The molecule has 0 aromatic carbocycles. The van der Waals surface area contributed by atoms with Gasteiger partial charge in [-0.15, -0.1) is 0 Å². The Hall–Kier alpha value is -1.27. The molecule has 0 aliphatic rings. The summed E-state index contributed by atoms with van der Waals surface area (Å²) in [6, 6.07) is 0. The van der Waals surface area contributed by atoms with Crippen LogP contribution in [-0.2, 0) is 14.3 Å². The Morgan fingerprint density at radius 1 is 1.25 bits per heavy atom. The number of carbonyl (C=O) groups is 2. The lowest BCUT2D eigenvalue weighted by molar-refractivity contribution is -0.173. The van der Waals surface area contributed by atoms with Crippen LogP contribution < -0.4 is 5.32 Å². The Morgan fingerprint density at radius 3 is 2.38 bits per heavy atom. The maximum atomic E-state index is 11.7. The van der Waals surface area contributed by atoms with Crippen molar-refractivity contribution in [2.45, 2.75) is 32.4 Å². The number of hydrogen-bond donors (Lipinski definition) is 1. The first-order chi connectivity index (χ1) is 7.38. The minimum Gasteiger partial charge on any atom is -0.466 e. The number of ether oxygens (including phenoxy) is 1. The van der Waals surface area contributed by atoms with E-state index in [4.69, 9.17) is 0 Å². The predicted molar refractivity (Wildman–Crippen MR) is 49.5 cm³/mol. The molecular formula is C9H14F3NO3. The second kappa shape index (κ2) is 7.08. The van der Waals surface area contributed by atoms with Gasteiger partial charge in [0.1, 0.15) is 0 Å². The van der Waals surface area contributed by atoms with Crippen molar-refractivity contribution >= 4 is 11.9 Å². The first-order valence-electron chi connectivity index (χ1n) is 4.88. The zero-order valence-corrected chi connectivity index (χ0v) is 8.89. The van der Waals surface area contributed by atoms with Crippen molar-refractivity contribution in [1.82, 2.24) is 5.32 Å². The quantitative estimate of drug-likeness (QED) is 0.565. The summed E-state index contributed by atoms with van der Waals surface area (Å²) in [6.45, 7) is 1.85. The van der Waals surface area contributed by atoms with E-state index < -0.39 is 12.1 Å². The fourth-order valence-corrected chi connectivity index (χ4v) is 0.930. The highest BCUT2D eigenvalue weighted by Crippen LogP contribution is 2.13. The van der Waals surface area contributed by atoms with E-state index in [9.17, 15) is 22.8 Å². The van der Waals surface area contributed by atoms with Crippen LogP contribution in [-0.4, -0.2) is 31.2 Å². The number of hydrogen-bond acceptors (Lipinski definition) is 3. The van der Waals surface area contributed by atoms with Crippen LogP contribution in [0.4, 0.5) is 13.2 Å². The topological polar surface area (TPSA) is 55.4 Å². The van der Waals surface area contributed by atoms with Gasteiger partial charge in [0.25, 0.3) is 0 Å². The van der Waals surface area contributed by atoms with Crippen LogP contribution in [0, 0.1) is 0 Å². The third-order valence-electron chi connectivity index (χ3n) is 1.66. The molecule has 0 saturated heterocycles. The number of esters is 1. The summed E-state index contributed by atoms with van der Waals surface area (Å²) in [5.74, 6) is -2.34. The van der Waals surface area contributed by atoms with Gasteiger partial charge in [0.05, 0.1) is 6.61 Å². The van der Waals surface area contributed by atoms with E-state index >= 15 is 0 Å². The maximum absolute atomic E-state index is 11.7. The SMILES string of the molecule is CCOC(=O)CCCCNC(=O)C(F)(F)F. The zero-order chi connectivity index (χ0) is 12.6. The number of unbranched alkanes of at least 4 members (excludes halogenated alkanes) is 1. The predicted octanol–water partition coefficient (Wildman–Crippen LogP) is 1.40. The highest BCUT2D eigenvalue weighted by atomic mass is 19.4. The lowest BCUT2D eigenvalue weighted by Gasteiger charge is -2.07. The largest absolute Gasteiger partial charge is 0.471 e. The molecule has 4 nitrogen and oxygen atoms in total. The number of amides is 1. The first-order valence-corrected chi connectivity index (χ1v) is 4.88. The number of halogens is 3. The van der Waals surface area contributed by atoms with Gasteiger partial charge in [-0.25, -0.2) is 0 Å².